The van der Waals surface area contributed by atoms with E-state index in [1.165, 1.54) is 81.8 Å². The van der Waals surface area contributed by atoms with Gasteiger partial charge < -0.3 is 14.4 Å². The van der Waals surface area contributed by atoms with Crippen molar-refractivity contribution in [1.82, 2.24) is 4.90 Å². The van der Waals surface area contributed by atoms with Crippen LogP contribution < -0.4 is 9.47 Å². The molecule has 4 nitrogen and oxygen atoms in total. The maximum atomic E-state index is 12.7. The van der Waals surface area contributed by atoms with Crippen molar-refractivity contribution >= 4 is 5.91 Å². The number of hydrogen-bond donors (Lipinski definition) is 0. The Balaban J connectivity index is 1.51. The Kier molecular flexibility index (Phi) is 13.7. The standard InChI is InChI=1S/C29H47NO3/c1-4-5-6-7-8-9-10-11-12-13-14-15-16-17-18-19-29(31)30-21-20-25-22-27(32-2)28(33-3)23-26(25)24-30/h11-12,22-23H,4-10,13-21,24H2,1-3H3/b12-11-. The zero-order chi connectivity index (χ0) is 23.7. The van der Waals surface area contributed by atoms with Gasteiger partial charge in [0.1, 0.15) is 0 Å². The van der Waals surface area contributed by atoms with Crippen molar-refractivity contribution in [3.63, 3.8) is 0 Å². The molecular formula is C29H47NO3. The Morgan fingerprint density at radius 2 is 1.36 bits per heavy atom. The summed E-state index contributed by atoms with van der Waals surface area (Å²) in [4.78, 5) is 14.7. The summed E-state index contributed by atoms with van der Waals surface area (Å²) >= 11 is 0. The minimum Gasteiger partial charge on any atom is -0.493 e. The number of methoxy groups -OCH3 is 2. The summed E-state index contributed by atoms with van der Waals surface area (Å²) in [6, 6.07) is 4.08. The molecule has 0 aromatic heterocycles. The SMILES string of the molecule is CCCCCCCC/C=C\CCCCCCCC(=O)N1CCc2cc(OC)c(OC)cc2C1. The molecule has 0 bridgehead atoms. The molecule has 1 aromatic rings. The van der Waals surface area contributed by atoms with Crippen molar-refractivity contribution in [3.8, 4) is 11.5 Å². The number of amides is 1. The van der Waals surface area contributed by atoms with Crippen LogP contribution in [0.15, 0.2) is 24.3 Å². The van der Waals surface area contributed by atoms with E-state index in [0.29, 0.717) is 13.0 Å². The smallest absolute Gasteiger partial charge is 0.222 e. The van der Waals surface area contributed by atoms with E-state index >= 15 is 0 Å². The van der Waals surface area contributed by atoms with Gasteiger partial charge in [0.2, 0.25) is 5.91 Å². The molecule has 1 heterocycles. The predicted octanol–water partition coefficient (Wildman–Crippen LogP) is 7.63. The molecule has 0 saturated heterocycles. The molecule has 1 aliphatic rings. The summed E-state index contributed by atoms with van der Waals surface area (Å²) in [5.41, 5.74) is 2.44. The number of fused-ring (bicyclic) bond motifs is 1. The van der Waals surface area contributed by atoms with Crippen LogP contribution >= 0.6 is 0 Å². The first-order chi connectivity index (χ1) is 16.2. The number of unbranched alkanes of at least 4 members (excludes halogenated alkanes) is 11. The monoisotopic (exact) mass is 457 g/mol. The highest BCUT2D eigenvalue weighted by Crippen LogP contribution is 2.33. The number of carbonyl (C=O) groups is 1. The Morgan fingerprint density at radius 3 is 1.97 bits per heavy atom. The van der Waals surface area contributed by atoms with Gasteiger partial charge in [0, 0.05) is 19.5 Å². The summed E-state index contributed by atoms with van der Waals surface area (Å²) in [5.74, 6) is 1.79. The van der Waals surface area contributed by atoms with E-state index in [1.807, 2.05) is 11.0 Å². The quantitative estimate of drug-likeness (QED) is 0.178. The van der Waals surface area contributed by atoms with Gasteiger partial charge in [0.25, 0.3) is 0 Å². The van der Waals surface area contributed by atoms with E-state index in [4.69, 9.17) is 9.47 Å². The molecule has 0 atom stereocenters. The number of allylic oxidation sites excluding steroid dienone is 2. The number of carbonyl (C=O) groups excluding carboxylic acids is 1. The number of rotatable bonds is 17. The van der Waals surface area contributed by atoms with Crippen molar-refractivity contribution in [2.45, 2.75) is 110 Å². The number of benzene rings is 1. The molecule has 0 radical (unpaired) electrons. The maximum Gasteiger partial charge on any atom is 0.222 e. The summed E-state index contributed by atoms with van der Waals surface area (Å²) in [5, 5.41) is 0. The van der Waals surface area contributed by atoms with Gasteiger partial charge >= 0.3 is 0 Å². The van der Waals surface area contributed by atoms with Crippen LogP contribution in [0, 0.1) is 0 Å². The first-order valence-electron chi connectivity index (χ1n) is 13.4. The van der Waals surface area contributed by atoms with E-state index in [2.05, 4.69) is 25.1 Å². The normalized spacial score (nSPS) is 13.4. The highest BCUT2D eigenvalue weighted by atomic mass is 16.5. The fraction of sp³-hybridized carbons (Fsp3) is 0.690. The fourth-order valence-corrected chi connectivity index (χ4v) is 4.60. The van der Waals surface area contributed by atoms with E-state index in [0.717, 1.165) is 37.3 Å². The van der Waals surface area contributed by atoms with Gasteiger partial charge in [-0.2, -0.15) is 0 Å². The largest absolute Gasteiger partial charge is 0.493 e. The van der Waals surface area contributed by atoms with Gasteiger partial charge in [-0.3, -0.25) is 4.79 Å². The summed E-state index contributed by atoms with van der Waals surface area (Å²) in [7, 11) is 3.32. The Labute approximate surface area is 202 Å². The second-order valence-corrected chi connectivity index (χ2v) is 9.38. The minimum absolute atomic E-state index is 0.285. The third-order valence-electron chi connectivity index (χ3n) is 6.72. The molecule has 0 fully saturated rings. The Morgan fingerprint density at radius 1 is 0.818 bits per heavy atom. The van der Waals surface area contributed by atoms with E-state index < -0.39 is 0 Å². The molecule has 4 heteroatoms. The molecule has 2 rings (SSSR count). The van der Waals surface area contributed by atoms with Crippen LogP contribution in [0.3, 0.4) is 0 Å². The summed E-state index contributed by atoms with van der Waals surface area (Å²) < 4.78 is 10.8. The van der Waals surface area contributed by atoms with Crippen LogP contribution in [-0.4, -0.2) is 31.6 Å². The summed E-state index contributed by atoms with van der Waals surface area (Å²) in [6.45, 7) is 3.75. The lowest BCUT2D eigenvalue weighted by Crippen LogP contribution is -2.35. The Hall–Kier alpha value is -1.97. The molecule has 0 N–H and O–H groups in total. The van der Waals surface area contributed by atoms with Crippen molar-refractivity contribution < 1.29 is 14.3 Å². The average Bonchev–Trinajstić information content (AvgIpc) is 2.84. The lowest BCUT2D eigenvalue weighted by atomic mass is 9.98. The topological polar surface area (TPSA) is 38.8 Å². The molecule has 0 saturated carbocycles. The molecule has 0 spiro atoms. The van der Waals surface area contributed by atoms with Crippen LogP contribution in [0.1, 0.15) is 108 Å². The minimum atomic E-state index is 0.285. The molecule has 0 unspecified atom stereocenters. The number of ether oxygens (including phenoxy) is 2. The number of nitrogens with zero attached hydrogens (tertiary/aromatic N) is 1. The van der Waals surface area contributed by atoms with Crippen LogP contribution in [0.25, 0.3) is 0 Å². The molecule has 186 valence electrons. The van der Waals surface area contributed by atoms with Crippen molar-refractivity contribution in [3.05, 3.63) is 35.4 Å². The van der Waals surface area contributed by atoms with Gasteiger partial charge in [-0.25, -0.2) is 0 Å². The van der Waals surface area contributed by atoms with Gasteiger partial charge in [-0.1, -0.05) is 70.4 Å². The predicted molar refractivity (Wildman–Crippen MR) is 138 cm³/mol. The third-order valence-corrected chi connectivity index (χ3v) is 6.72. The van der Waals surface area contributed by atoms with Gasteiger partial charge in [-0.15, -0.1) is 0 Å². The summed E-state index contributed by atoms with van der Waals surface area (Å²) in [6.07, 6.45) is 22.9. The molecule has 1 aromatic carbocycles. The zero-order valence-corrected chi connectivity index (χ0v) is 21.5. The highest BCUT2D eigenvalue weighted by Gasteiger charge is 2.22. The first-order valence-corrected chi connectivity index (χ1v) is 13.4. The zero-order valence-electron chi connectivity index (χ0n) is 21.5. The maximum absolute atomic E-state index is 12.7. The lowest BCUT2D eigenvalue weighted by molar-refractivity contribution is -0.132. The molecule has 1 amide bonds. The molecule has 33 heavy (non-hydrogen) atoms. The molecular weight excluding hydrogens is 410 g/mol. The third kappa shape index (κ3) is 10.2. The van der Waals surface area contributed by atoms with Crippen molar-refractivity contribution in [1.29, 1.82) is 0 Å². The van der Waals surface area contributed by atoms with Crippen molar-refractivity contribution in [2.24, 2.45) is 0 Å². The van der Waals surface area contributed by atoms with E-state index in [9.17, 15) is 4.79 Å². The second-order valence-electron chi connectivity index (χ2n) is 9.38. The Bertz CT molecular complexity index is 713. The van der Waals surface area contributed by atoms with E-state index in [1.54, 1.807) is 14.2 Å². The van der Waals surface area contributed by atoms with Crippen molar-refractivity contribution in [2.75, 3.05) is 20.8 Å². The number of hydrogen-bond acceptors (Lipinski definition) is 3. The van der Waals surface area contributed by atoms with Crippen LogP contribution in [-0.2, 0) is 17.8 Å². The molecule has 0 aliphatic carbocycles. The van der Waals surface area contributed by atoms with Crippen LogP contribution in [0.2, 0.25) is 0 Å². The first kappa shape index (κ1) is 27.3. The molecule has 1 aliphatic heterocycles. The highest BCUT2D eigenvalue weighted by molar-refractivity contribution is 5.76. The van der Waals surface area contributed by atoms with Crippen LogP contribution in [0.4, 0.5) is 0 Å². The fourth-order valence-electron chi connectivity index (χ4n) is 4.60. The second kappa shape index (κ2) is 16.6. The van der Waals surface area contributed by atoms with Crippen LogP contribution in [0.5, 0.6) is 11.5 Å². The average molecular weight is 458 g/mol. The van der Waals surface area contributed by atoms with Gasteiger partial charge in [-0.05, 0) is 61.8 Å². The lowest BCUT2D eigenvalue weighted by Gasteiger charge is -2.29. The van der Waals surface area contributed by atoms with E-state index in [-0.39, 0.29) is 5.91 Å². The van der Waals surface area contributed by atoms with Gasteiger partial charge in [0.15, 0.2) is 11.5 Å². The van der Waals surface area contributed by atoms with Gasteiger partial charge in [0.05, 0.1) is 14.2 Å².